The first-order valence-electron chi connectivity index (χ1n) is 9.52. The molecule has 0 saturated heterocycles. The zero-order valence-corrected chi connectivity index (χ0v) is 16.1. The summed E-state index contributed by atoms with van der Waals surface area (Å²) in [4.78, 5) is 33.7. The highest BCUT2D eigenvalue weighted by Crippen LogP contribution is 2.33. The highest BCUT2D eigenvalue weighted by atomic mass is 16.1. The second-order valence-corrected chi connectivity index (χ2v) is 7.03. The van der Waals surface area contributed by atoms with Crippen LogP contribution >= 0.6 is 0 Å². The molecule has 144 valence electrons. The minimum atomic E-state index is 0.602. The molecule has 0 aliphatic rings. The highest BCUT2D eigenvalue weighted by molar-refractivity contribution is 5.86. The molecule has 4 aromatic rings. The van der Waals surface area contributed by atoms with E-state index in [1.54, 1.807) is 18.2 Å². The molecule has 0 aromatic heterocycles. The topological polar surface area (TPSA) is 51.2 Å². The normalized spacial score (nSPS) is 10.4. The van der Waals surface area contributed by atoms with E-state index in [1.807, 2.05) is 72.8 Å². The monoisotopic (exact) mass is 390 g/mol. The predicted molar refractivity (Wildman–Crippen MR) is 119 cm³/mol. The Labute approximate surface area is 174 Å². The van der Waals surface area contributed by atoms with E-state index in [1.165, 1.54) is 0 Å². The van der Waals surface area contributed by atoms with Gasteiger partial charge in [0.05, 0.1) is 0 Å². The van der Waals surface area contributed by atoms with Crippen molar-refractivity contribution in [2.24, 2.45) is 0 Å². The number of hydrogen-bond donors (Lipinski definition) is 0. The Morgan fingerprint density at radius 1 is 0.367 bits per heavy atom. The first-order chi connectivity index (χ1) is 14.7. The molecular formula is C27H18O3. The van der Waals surface area contributed by atoms with E-state index >= 15 is 0 Å². The molecule has 3 heteroatoms. The molecule has 4 aromatic carbocycles. The molecule has 0 aliphatic heterocycles. The molecule has 4 rings (SSSR count). The molecule has 30 heavy (non-hydrogen) atoms. The first-order valence-corrected chi connectivity index (χ1v) is 9.52. The maximum absolute atomic E-state index is 11.2. The van der Waals surface area contributed by atoms with Gasteiger partial charge < -0.3 is 0 Å². The van der Waals surface area contributed by atoms with Gasteiger partial charge in [-0.3, -0.25) is 14.4 Å². The largest absolute Gasteiger partial charge is 0.298 e. The average Bonchev–Trinajstić information content (AvgIpc) is 2.83. The van der Waals surface area contributed by atoms with Gasteiger partial charge in [0.15, 0.2) is 0 Å². The van der Waals surface area contributed by atoms with Gasteiger partial charge in [-0.25, -0.2) is 0 Å². The van der Waals surface area contributed by atoms with Crippen molar-refractivity contribution < 1.29 is 14.4 Å². The van der Waals surface area contributed by atoms with Gasteiger partial charge in [0.2, 0.25) is 0 Å². The van der Waals surface area contributed by atoms with Crippen LogP contribution in [0.1, 0.15) is 31.1 Å². The van der Waals surface area contributed by atoms with Crippen LogP contribution in [-0.4, -0.2) is 18.9 Å². The number of hydrogen-bond acceptors (Lipinski definition) is 3. The summed E-state index contributed by atoms with van der Waals surface area (Å²) in [6.45, 7) is 0. The van der Waals surface area contributed by atoms with Crippen molar-refractivity contribution in [1.29, 1.82) is 0 Å². The Kier molecular flexibility index (Phi) is 5.44. The molecule has 0 amide bonds. The lowest BCUT2D eigenvalue weighted by Crippen LogP contribution is -1.89. The van der Waals surface area contributed by atoms with Gasteiger partial charge in [-0.05, 0) is 69.8 Å². The fraction of sp³-hybridized carbons (Fsp3) is 0. The summed E-state index contributed by atoms with van der Waals surface area (Å²) in [6, 6.07) is 28.4. The SMILES string of the molecule is O=Cc1cccc(-c2cc(-c3cccc(C=O)c3)cc(-c3cccc(C=O)c3)c2)c1. The molecule has 0 aliphatic carbocycles. The van der Waals surface area contributed by atoms with Gasteiger partial charge in [0.25, 0.3) is 0 Å². The third-order valence-corrected chi connectivity index (χ3v) is 5.00. The number of carbonyl (C=O) groups excluding carboxylic acids is 3. The zero-order valence-electron chi connectivity index (χ0n) is 16.1. The summed E-state index contributed by atoms with van der Waals surface area (Å²) in [5.41, 5.74) is 7.39. The van der Waals surface area contributed by atoms with Crippen LogP contribution in [0.4, 0.5) is 0 Å². The van der Waals surface area contributed by atoms with E-state index in [0.717, 1.165) is 52.2 Å². The maximum atomic E-state index is 11.2. The van der Waals surface area contributed by atoms with Gasteiger partial charge in [-0.1, -0.05) is 54.6 Å². The van der Waals surface area contributed by atoms with Crippen molar-refractivity contribution in [3.05, 3.63) is 108 Å². The van der Waals surface area contributed by atoms with E-state index in [9.17, 15) is 14.4 Å². The average molecular weight is 390 g/mol. The Morgan fingerprint density at radius 2 is 0.667 bits per heavy atom. The van der Waals surface area contributed by atoms with Crippen molar-refractivity contribution >= 4 is 18.9 Å². The number of carbonyl (C=O) groups is 3. The van der Waals surface area contributed by atoms with Gasteiger partial charge in [0.1, 0.15) is 18.9 Å². The van der Waals surface area contributed by atoms with Crippen LogP contribution in [0.5, 0.6) is 0 Å². The molecule has 0 fully saturated rings. The van der Waals surface area contributed by atoms with Crippen LogP contribution in [0.3, 0.4) is 0 Å². The minimum Gasteiger partial charge on any atom is -0.298 e. The fourth-order valence-electron chi connectivity index (χ4n) is 3.50. The van der Waals surface area contributed by atoms with E-state index < -0.39 is 0 Å². The highest BCUT2D eigenvalue weighted by Gasteiger charge is 2.09. The summed E-state index contributed by atoms with van der Waals surface area (Å²) >= 11 is 0. The zero-order chi connectivity index (χ0) is 20.9. The van der Waals surface area contributed by atoms with Crippen molar-refractivity contribution in [3.8, 4) is 33.4 Å². The molecule has 0 unspecified atom stereocenters. The molecule has 0 N–H and O–H groups in total. The second-order valence-electron chi connectivity index (χ2n) is 7.03. The van der Waals surface area contributed by atoms with Gasteiger partial charge in [-0.2, -0.15) is 0 Å². The van der Waals surface area contributed by atoms with Crippen LogP contribution in [-0.2, 0) is 0 Å². The smallest absolute Gasteiger partial charge is 0.150 e. The molecule has 0 atom stereocenters. The summed E-state index contributed by atoms with van der Waals surface area (Å²) < 4.78 is 0. The summed E-state index contributed by atoms with van der Waals surface area (Å²) in [6.07, 6.45) is 2.49. The van der Waals surface area contributed by atoms with Crippen molar-refractivity contribution in [2.45, 2.75) is 0 Å². The van der Waals surface area contributed by atoms with Gasteiger partial charge >= 0.3 is 0 Å². The minimum absolute atomic E-state index is 0.602. The predicted octanol–water partition coefficient (Wildman–Crippen LogP) is 6.13. The summed E-state index contributed by atoms with van der Waals surface area (Å²) in [7, 11) is 0. The van der Waals surface area contributed by atoms with Crippen molar-refractivity contribution in [3.63, 3.8) is 0 Å². The fourth-order valence-corrected chi connectivity index (χ4v) is 3.50. The second kappa shape index (κ2) is 8.50. The molecule has 0 radical (unpaired) electrons. The van der Waals surface area contributed by atoms with Crippen molar-refractivity contribution in [1.82, 2.24) is 0 Å². The van der Waals surface area contributed by atoms with Crippen LogP contribution in [0.25, 0.3) is 33.4 Å². The molecular weight excluding hydrogens is 372 g/mol. The van der Waals surface area contributed by atoms with Crippen LogP contribution in [0.15, 0.2) is 91.0 Å². The van der Waals surface area contributed by atoms with E-state index in [2.05, 4.69) is 0 Å². The van der Waals surface area contributed by atoms with Crippen molar-refractivity contribution in [2.75, 3.05) is 0 Å². The third kappa shape index (κ3) is 4.01. The Balaban J connectivity index is 1.94. The summed E-state index contributed by atoms with van der Waals surface area (Å²) in [5, 5.41) is 0. The van der Waals surface area contributed by atoms with E-state index in [4.69, 9.17) is 0 Å². The van der Waals surface area contributed by atoms with Gasteiger partial charge in [-0.15, -0.1) is 0 Å². The number of aldehydes is 3. The molecule has 0 heterocycles. The van der Waals surface area contributed by atoms with Crippen LogP contribution in [0, 0.1) is 0 Å². The van der Waals surface area contributed by atoms with Crippen LogP contribution < -0.4 is 0 Å². The van der Waals surface area contributed by atoms with Crippen LogP contribution in [0.2, 0.25) is 0 Å². The Morgan fingerprint density at radius 3 is 0.933 bits per heavy atom. The Bertz CT molecular complexity index is 1090. The maximum Gasteiger partial charge on any atom is 0.150 e. The van der Waals surface area contributed by atoms with Gasteiger partial charge in [0, 0.05) is 16.7 Å². The molecule has 0 saturated carbocycles. The third-order valence-electron chi connectivity index (χ3n) is 5.00. The van der Waals surface area contributed by atoms with E-state index in [-0.39, 0.29) is 0 Å². The number of rotatable bonds is 6. The Hall–Kier alpha value is -4.11. The lowest BCUT2D eigenvalue weighted by molar-refractivity contribution is 0.111. The lowest BCUT2D eigenvalue weighted by atomic mass is 9.92. The standard InChI is InChI=1S/C27H18O3/c28-16-19-4-1-7-22(10-19)25-13-26(23-8-2-5-20(11-23)17-29)15-27(14-25)24-9-3-6-21(12-24)18-30/h1-18H. The molecule has 3 nitrogen and oxygen atoms in total. The van der Waals surface area contributed by atoms with E-state index in [0.29, 0.717) is 16.7 Å². The molecule has 0 spiro atoms. The number of benzene rings is 4. The first kappa shape index (κ1) is 19.2. The quantitative estimate of drug-likeness (QED) is 0.372. The molecule has 0 bridgehead atoms. The lowest BCUT2D eigenvalue weighted by Gasteiger charge is -2.12. The summed E-state index contributed by atoms with van der Waals surface area (Å²) in [5.74, 6) is 0.